The Labute approximate surface area is 150 Å². The van der Waals surface area contributed by atoms with Crippen molar-refractivity contribution >= 4 is 29.2 Å². The van der Waals surface area contributed by atoms with Crippen molar-refractivity contribution in [3.63, 3.8) is 0 Å². The van der Waals surface area contributed by atoms with Crippen LogP contribution >= 0.6 is 23.2 Å². The van der Waals surface area contributed by atoms with Gasteiger partial charge in [-0.1, -0.05) is 23.2 Å². The molecule has 24 heavy (non-hydrogen) atoms. The first-order valence-corrected chi connectivity index (χ1v) is 7.66. The summed E-state index contributed by atoms with van der Waals surface area (Å²) in [5.41, 5.74) is 0.951. The standard InChI is InChI=1S/C17H16Cl2O5/c1-21-14-8-16(23-3)15(22-2)7-11(14)9-24-17(20)10-4-5-12(18)13(19)6-10/h4-8H,9H2,1-3H3. The Morgan fingerprint density at radius 3 is 2.08 bits per heavy atom. The molecule has 0 aromatic heterocycles. The maximum absolute atomic E-state index is 12.1. The molecule has 0 atom stereocenters. The molecule has 0 unspecified atom stereocenters. The molecular weight excluding hydrogens is 355 g/mol. The Morgan fingerprint density at radius 1 is 0.875 bits per heavy atom. The van der Waals surface area contributed by atoms with Crippen LogP contribution in [0.5, 0.6) is 17.2 Å². The number of hydrogen-bond acceptors (Lipinski definition) is 5. The number of carbonyl (C=O) groups is 1. The smallest absolute Gasteiger partial charge is 0.338 e. The summed E-state index contributed by atoms with van der Waals surface area (Å²) in [6.45, 7) is 0.00259. The monoisotopic (exact) mass is 370 g/mol. The second-order valence-electron chi connectivity index (χ2n) is 4.72. The van der Waals surface area contributed by atoms with Crippen LogP contribution in [0.15, 0.2) is 30.3 Å². The molecule has 2 rings (SSSR count). The van der Waals surface area contributed by atoms with Crippen molar-refractivity contribution in [2.75, 3.05) is 21.3 Å². The Kier molecular flexibility index (Phi) is 6.17. The lowest BCUT2D eigenvalue weighted by Gasteiger charge is -2.14. The largest absolute Gasteiger partial charge is 0.496 e. The molecule has 7 heteroatoms. The zero-order chi connectivity index (χ0) is 17.7. The summed E-state index contributed by atoms with van der Waals surface area (Å²) in [5, 5.41) is 0.657. The first-order chi connectivity index (χ1) is 11.5. The van der Waals surface area contributed by atoms with Crippen LogP contribution in [0.4, 0.5) is 0 Å². The molecule has 0 N–H and O–H groups in total. The fourth-order valence-electron chi connectivity index (χ4n) is 2.05. The molecule has 0 aliphatic heterocycles. The van der Waals surface area contributed by atoms with Crippen LogP contribution in [0, 0.1) is 0 Å². The normalized spacial score (nSPS) is 10.2. The van der Waals surface area contributed by atoms with E-state index in [0.29, 0.717) is 33.4 Å². The molecule has 0 saturated carbocycles. The highest BCUT2D eigenvalue weighted by Crippen LogP contribution is 2.35. The Balaban J connectivity index is 2.18. The number of halogens is 2. The van der Waals surface area contributed by atoms with E-state index in [1.807, 2.05) is 0 Å². The van der Waals surface area contributed by atoms with Crippen LogP contribution in [0.2, 0.25) is 10.0 Å². The number of carbonyl (C=O) groups excluding carboxylic acids is 1. The average molecular weight is 371 g/mol. The number of esters is 1. The zero-order valence-electron chi connectivity index (χ0n) is 13.4. The van der Waals surface area contributed by atoms with E-state index in [0.717, 1.165) is 0 Å². The van der Waals surface area contributed by atoms with E-state index in [4.69, 9.17) is 42.1 Å². The predicted molar refractivity (Wildman–Crippen MR) is 91.7 cm³/mol. The number of benzene rings is 2. The topological polar surface area (TPSA) is 54.0 Å². The average Bonchev–Trinajstić information content (AvgIpc) is 2.60. The molecule has 0 fully saturated rings. The van der Waals surface area contributed by atoms with Crippen LogP contribution in [0.3, 0.4) is 0 Å². The molecule has 0 bridgehead atoms. The fourth-order valence-corrected chi connectivity index (χ4v) is 2.35. The molecule has 0 aliphatic rings. The second kappa shape index (κ2) is 8.13. The Hall–Kier alpha value is -2.11. The first-order valence-electron chi connectivity index (χ1n) is 6.91. The van der Waals surface area contributed by atoms with Gasteiger partial charge in [-0.3, -0.25) is 0 Å². The highest BCUT2D eigenvalue weighted by molar-refractivity contribution is 6.42. The molecule has 2 aromatic rings. The van der Waals surface area contributed by atoms with Crippen LogP contribution in [-0.4, -0.2) is 27.3 Å². The van der Waals surface area contributed by atoms with E-state index in [9.17, 15) is 4.79 Å². The van der Waals surface area contributed by atoms with E-state index in [-0.39, 0.29) is 11.6 Å². The van der Waals surface area contributed by atoms with Crippen molar-refractivity contribution in [3.8, 4) is 17.2 Å². The fraction of sp³-hybridized carbons (Fsp3) is 0.235. The van der Waals surface area contributed by atoms with Crippen LogP contribution in [0.1, 0.15) is 15.9 Å². The van der Waals surface area contributed by atoms with Crippen molar-refractivity contribution in [2.24, 2.45) is 0 Å². The highest BCUT2D eigenvalue weighted by Gasteiger charge is 2.15. The molecular formula is C17H16Cl2O5. The van der Waals surface area contributed by atoms with Crippen molar-refractivity contribution in [1.82, 2.24) is 0 Å². The van der Waals surface area contributed by atoms with E-state index in [1.165, 1.54) is 33.5 Å². The molecule has 2 aromatic carbocycles. The van der Waals surface area contributed by atoms with Gasteiger partial charge in [0.05, 0.1) is 36.9 Å². The zero-order valence-corrected chi connectivity index (χ0v) is 14.9. The first kappa shape index (κ1) is 18.2. The Morgan fingerprint density at radius 2 is 1.50 bits per heavy atom. The number of ether oxygens (including phenoxy) is 4. The third-order valence-electron chi connectivity index (χ3n) is 3.30. The van der Waals surface area contributed by atoms with E-state index in [2.05, 4.69) is 0 Å². The molecule has 0 aliphatic carbocycles. The van der Waals surface area contributed by atoms with E-state index >= 15 is 0 Å². The lowest BCUT2D eigenvalue weighted by atomic mass is 10.2. The second-order valence-corrected chi connectivity index (χ2v) is 5.54. The van der Waals surface area contributed by atoms with Gasteiger partial charge in [0.1, 0.15) is 12.4 Å². The summed E-state index contributed by atoms with van der Waals surface area (Å²) >= 11 is 11.7. The van der Waals surface area contributed by atoms with Crippen molar-refractivity contribution in [2.45, 2.75) is 6.61 Å². The maximum atomic E-state index is 12.1. The van der Waals surface area contributed by atoms with Gasteiger partial charge in [-0.25, -0.2) is 4.79 Å². The van der Waals surface area contributed by atoms with Gasteiger partial charge in [0.15, 0.2) is 11.5 Å². The van der Waals surface area contributed by atoms with Gasteiger partial charge in [-0.15, -0.1) is 0 Å². The van der Waals surface area contributed by atoms with Crippen molar-refractivity contribution in [1.29, 1.82) is 0 Å². The molecule has 128 valence electrons. The SMILES string of the molecule is COc1cc(OC)c(OC)cc1COC(=O)c1ccc(Cl)c(Cl)c1. The van der Waals surface area contributed by atoms with Gasteiger partial charge in [0.2, 0.25) is 0 Å². The van der Waals surface area contributed by atoms with Gasteiger partial charge in [0.25, 0.3) is 0 Å². The quantitative estimate of drug-likeness (QED) is 0.706. The van der Waals surface area contributed by atoms with Crippen LogP contribution in [0.25, 0.3) is 0 Å². The summed E-state index contributed by atoms with van der Waals surface area (Å²) in [6.07, 6.45) is 0. The van der Waals surface area contributed by atoms with Gasteiger partial charge in [0, 0.05) is 11.6 Å². The Bertz CT molecular complexity index is 746. The minimum atomic E-state index is -0.523. The predicted octanol–water partition coefficient (Wildman–Crippen LogP) is 4.38. The minimum Gasteiger partial charge on any atom is -0.496 e. The van der Waals surface area contributed by atoms with Gasteiger partial charge >= 0.3 is 5.97 Å². The van der Waals surface area contributed by atoms with Crippen molar-refractivity contribution < 1.29 is 23.7 Å². The van der Waals surface area contributed by atoms with Crippen LogP contribution < -0.4 is 14.2 Å². The summed E-state index contributed by atoms with van der Waals surface area (Å²) in [5.74, 6) is 1.03. The molecule has 0 spiro atoms. The van der Waals surface area contributed by atoms with Gasteiger partial charge in [-0.05, 0) is 24.3 Å². The van der Waals surface area contributed by atoms with Gasteiger partial charge in [-0.2, -0.15) is 0 Å². The summed E-state index contributed by atoms with van der Waals surface area (Å²) in [4.78, 5) is 12.1. The number of hydrogen-bond donors (Lipinski definition) is 0. The summed E-state index contributed by atoms with van der Waals surface area (Å²) < 4.78 is 21.1. The molecule has 0 radical (unpaired) electrons. The van der Waals surface area contributed by atoms with Crippen molar-refractivity contribution in [3.05, 3.63) is 51.5 Å². The lowest BCUT2D eigenvalue weighted by molar-refractivity contribution is 0.0470. The third kappa shape index (κ3) is 4.04. The number of methoxy groups -OCH3 is 3. The number of rotatable bonds is 6. The molecule has 0 amide bonds. The maximum Gasteiger partial charge on any atom is 0.338 e. The van der Waals surface area contributed by atoms with E-state index < -0.39 is 5.97 Å². The molecule has 0 heterocycles. The minimum absolute atomic E-state index is 0.00259. The highest BCUT2D eigenvalue weighted by atomic mass is 35.5. The summed E-state index contributed by atoms with van der Waals surface area (Å²) in [7, 11) is 4.57. The molecule has 5 nitrogen and oxygen atoms in total. The van der Waals surface area contributed by atoms with E-state index in [1.54, 1.807) is 18.2 Å². The van der Waals surface area contributed by atoms with Crippen LogP contribution in [-0.2, 0) is 11.3 Å². The van der Waals surface area contributed by atoms with Gasteiger partial charge < -0.3 is 18.9 Å². The summed E-state index contributed by atoms with van der Waals surface area (Å²) in [6, 6.07) is 7.90. The molecule has 0 saturated heterocycles. The lowest BCUT2D eigenvalue weighted by Crippen LogP contribution is -2.06. The third-order valence-corrected chi connectivity index (χ3v) is 4.04.